The highest BCUT2D eigenvalue weighted by atomic mass is 16.3. The zero-order valence-corrected chi connectivity index (χ0v) is 29.6. The molecule has 14 N–H and O–H groups in total. The summed E-state index contributed by atoms with van der Waals surface area (Å²) < 4.78 is 0. The van der Waals surface area contributed by atoms with Crippen molar-refractivity contribution in [3.05, 3.63) is 29.8 Å². The van der Waals surface area contributed by atoms with Gasteiger partial charge in [-0.1, -0.05) is 19.1 Å². The molecule has 3 heterocycles. The molecule has 13 atom stereocenters. The first-order chi connectivity index (χ1) is 25.3. The average Bonchev–Trinajstić information content (AvgIpc) is 3.66. The Hall–Kier alpha value is -4.48. The van der Waals surface area contributed by atoms with Crippen molar-refractivity contribution in [1.29, 1.82) is 0 Å². The number of amides is 6. The first-order valence-corrected chi connectivity index (χ1v) is 17.4. The van der Waals surface area contributed by atoms with Crippen LogP contribution in [0.3, 0.4) is 0 Å². The second kappa shape index (κ2) is 17.8. The van der Waals surface area contributed by atoms with Crippen LogP contribution in [0.15, 0.2) is 24.3 Å². The molecule has 3 aliphatic heterocycles. The minimum atomic E-state index is -2.10. The van der Waals surface area contributed by atoms with Crippen LogP contribution in [0.2, 0.25) is 0 Å². The van der Waals surface area contributed by atoms with Crippen LogP contribution in [-0.4, -0.2) is 179 Å². The lowest BCUT2D eigenvalue weighted by atomic mass is 10.00. The zero-order valence-electron chi connectivity index (χ0n) is 29.6. The summed E-state index contributed by atoms with van der Waals surface area (Å²) in [6.07, 6.45) is -11.6. The van der Waals surface area contributed by atoms with Crippen LogP contribution in [0.5, 0.6) is 5.75 Å². The number of carbonyl (C=O) groups excluding carboxylic acids is 6. The summed E-state index contributed by atoms with van der Waals surface area (Å²) in [5.74, 6) is -7.50. The number of phenols is 1. The molecule has 6 amide bonds. The third-order valence-electron chi connectivity index (χ3n) is 9.82. The van der Waals surface area contributed by atoms with Crippen LogP contribution in [0, 0.1) is 5.92 Å². The quantitative estimate of drug-likeness (QED) is 0.132. The normalized spacial score (nSPS) is 34.8. The molecule has 21 nitrogen and oxygen atoms in total. The zero-order chi connectivity index (χ0) is 40.2. The number of fused-ring (bicyclic) bond motifs is 2. The van der Waals surface area contributed by atoms with Gasteiger partial charge in [-0.25, -0.2) is 0 Å². The number of hydrogen-bond donors (Lipinski definition) is 13. The van der Waals surface area contributed by atoms with E-state index in [9.17, 15) is 69.6 Å². The predicted molar refractivity (Wildman–Crippen MR) is 182 cm³/mol. The van der Waals surface area contributed by atoms with Gasteiger partial charge < -0.3 is 77.7 Å². The van der Waals surface area contributed by atoms with Crippen molar-refractivity contribution < 1.29 is 69.6 Å². The third-order valence-corrected chi connectivity index (χ3v) is 9.82. The number of hydrogen-bond acceptors (Lipinski definition) is 15. The third kappa shape index (κ3) is 9.60. The fourth-order valence-corrected chi connectivity index (χ4v) is 6.73. The Kier molecular flexibility index (Phi) is 13.9. The van der Waals surface area contributed by atoms with Crippen molar-refractivity contribution >= 4 is 35.4 Å². The molecule has 0 radical (unpaired) electrons. The van der Waals surface area contributed by atoms with Crippen molar-refractivity contribution in [2.75, 3.05) is 19.7 Å². The summed E-state index contributed by atoms with van der Waals surface area (Å²) in [7, 11) is 0. The van der Waals surface area contributed by atoms with Gasteiger partial charge >= 0.3 is 0 Å². The van der Waals surface area contributed by atoms with Crippen LogP contribution in [0.1, 0.15) is 32.3 Å². The summed E-state index contributed by atoms with van der Waals surface area (Å²) in [6, 6.07) is -4.88. The SMILES string of the molecule is CC(O)C1NC(=O)C(N)CC(O)C(O)NC(=O)C2C(O)C(C)CN2C(=O)C(CO)NC(=O)C(C(O)Cc2ccc(O)cc2)NC(=O)C2CC(O)CN2C1=O. The Morgan fingerprint density at radius 1 is 0.796 bits per heavy atom. The summed E-state index contributed by atoms with van der Waals surface area (Å²) in [6.45, 7) is 0.855. The highest BCUT2D eigenvalue weighted by molar-refractivity contribution is 5.97. The molecule has 4 rings (SSSR count). The molecule has 0 aromatic heterocycles. The number of rotatable bonds is 5. The average molecular weight is 768 g/mol. The van der Waals surface area contributed by atoms with Crippen molar-refractivity contribution in [3.63, 3.8) is 0 Å². The standard InChI is InChI=1S/C33H49N7O14/c1-13-10-40-25(26(13)47)31(52)38-29(50)22(46)9-18(34)27(48)36-23(14(2)42)33(54)39-11-17(44)8-20(39)28(49)37-24(30(51)35-19(12-41)32(40)53)21(45)7-15-3-5-16(43)6-4-15/h3-6,13-14,17-26,29,41-47,50H,7-12,34H2,1-2H3,(H,35,51)(H,36,48)(H,37,49)(H,38,52). The number of nitrogens with two attached hydrogens (primary N) is 1. The first-order valence-electron chi connectivity index (χ1n) is 17.4. The Morgan fingerprint density at radius 2 is 1.43 bits per heavy atom. The van der Waals surface area contributed by atoms with Gasteiger partial charge in [-0.15, -0.1) is 0 Å². The number of aliphatic hydroxyl groups excluding tert-OH is 7. The number of nitrogens with zero attached hydrogens (tertiary/aromatic N) is 2. The van der Waals surface area contributed by atoms with E-state index in [1.807, 2.05) is 0 Å². The maximum absolute atomic E-state index is 13.8. The fraction of sp³-hybridized carbons (Fsp3) is 0.636. The molecular formula is C33H49N7O14. The Labute approximate surface area is 309 Å². The summed E-state index contributed by atoms with van der Waals surface area (Å²) in [5.41, 5.74) is 6.32. The maximum atomic E-state index is 13.8. The van der Waals surface area contributed by atoms with Gasteiger partial charge in [0.15, 0.2) is 6.23 Å². The molecule has 3 aliphatic rings. The van der Waals surface area contributed by atoms with E-state index >= 15 is 0 Å². The molecule has 0 bridgehead atoms. The number of carbonyl (C=O) groups is 6. The molecule has 0 aliphatic carbocycles. The topological polar surface area (TPSA) is 345 Å². The van der Waals surface area contributed by atoms with E-state index in [1.54, 1.807) is 0 Å². The lowest BCUT2D eigenvalue weighted by Crippen LogP contribution is -2.63. The lowest BCUT2D eigenvalue weighted by Gasteiger charge is -2.32. The van der Waals surface area contributed by atoms with Crippen molar-refractivity contribution in [3.8, 4) is 5.75 Å². The number of nitrogens with one attached hydrogen (secondary N) is 4. The van der Waals surface area contributed by atoms with Gasteiger partial charge in [0, 0.05) is 38.3 Å². The Balaban J connectivity index is 1.75. The van der Waals surface area contributed by atoms with Crippen LogP contribution in [0.4, 0.5) is 0 Å². The van der Waals surface area contributed by atoms with Crippen LogP contribution < -0.4 is 27.0 Å². The van der Waals surface area contributed by atoms with E-state index < -0.39 is 134 Å². The molecule has 13 unspecified atom stereocenters. The predicted octanol–water partition coefficient (Wildman–Crippen LogP) is -7.18. The summed E-state index contributed by atoms with van der Waals surface area (Å²) >= 11 is 0. The van der Waals surface area contributed by atoms with Crippen molar-refractivity contribution in [1.82, 2.24) is 31.1 Å². The van der Waals surface area contributed by atoms with Crippen molar-refractivity contribution in [2.24, 2.45) is 11.7 Å². The van der Waals surface area contributed by atoms with Crippen molar-refractivity contribution in [2.45, 2.75) is 106 Å². The largest absolute Gasteiger partial charge is 0.508 e. The molecular weight excluding hydrogens is 718 g/mol. The van der Waals surface area contributed by atoms with E-state index in [2.05, 4.69) is 21.3 Å². The van der Waals surface area contributed by atoms with Gasteiger partial charge in [-0.3, -0.25) is 28.8 Å². The van der Waals surface area contributed by atoms with Crippen LogP contribution in [-0.2, 0) is 35.2 Å². The molecule has 21 heteroatoms. The molecule has 300 valence electrons. The minimum absolute atomic E-state index is 0.0982. The summed E-state index contributed by atoms with van der Waals surface area (Å²) in [5, 5.41) is 93.2. The lowest BCUT2D eigenvalue weighted by molar-refractivity contribution is -0.147. The number of phenolic OH excluding ortho intramolecular Hbond substituents is 1. The van der Waals surface area contributed by atoms with Crippen LogP contribution >= 0.6 is 0 Å². The van der Waals surface area contributed by atoms with Gasteiger partial charge in [-0.2, -0.15) is 0 Å². The van der Waals surface area contributed by atoms with E-state index in [1.165, 1.54) is 31.2 Å². The Morgan fingerprint density at radius 3 is 2.04 bits per heavy atom. The first kappa shape index (κ1) is 42.3. The number of aliphatic hydroxyl groups is 7. The van der Waals surface area contributed by atoms with Gasteiger partial charge in [0.25, 0.3) is 0 Å². The van der Waals surface area contributed by atoms with Crippen LogP contribution in [0.25, 0.3) is 0 Å². The fourth-order valence-electron chi connectivity index (χ4n) is 6.73. The second-order valence-corrected chi connectivity index (χ2v) is 14.1. The minimum Gasteiger partial charge on any atom is -0.508 e. The van der Waals surface area contributed by atoms with E-state index in [4.69, 9.17) is 5.73 Å². The molecule has 1 aromatic rings. The summed E-state index contributed by atoms with van der Waals surface area (Å²) in [4.78, 5) is 83.3. The molecule has 0 saturated carbocycles. The molecule has 0 spiro atoms. The van der Waals surface area contributed by atoms with Gasteiger partial charge in [0.1, 0.15) is 42.1 Å². The smallest absolute Gasteiger partial charge is 0.248 e. The molecule has 3 saturated heterocycles. The Bertz CT molecular complexity index is 1550. The monoisotopic (exact) mass is 767 g/mol. The highest BCUT2D eigenvalue weighted by Crippen LogP contribution is 2.26. The van der Waals surface area contributed by atoms with E-state index in [0.29, 0.717) is 5.56 Å². The molecule has 3 fully saturated rings. The molecule has 1 aromatic carbocycles. The van der Waals surface area contributed by atoms with Gasteiger partial charge in [-0.05, 0) is 24.6 Å². The van der Waals surface area contributed by atoms with Gasteiger partial charge in [0.2, 0.25) is 35.4 Å². The number of benzene rings is 1. The van der Waals surface area contributed by atoms with Gasteiger partial charge in [0.05, 0.1) is 37.1 Å². The van der Waals surface area contributed by atoms with E-state index in [-0.39, 0.29) is 25.1 Å². The van der Waals surface area contributed by atoms with E-state index in [0.717, 1.165) is 16.7 Å². The second-order valence-electron chi connectivity index (χ2n) is 14.1. The maximum Gasteiger partial charge on any atom is 0.248 e. The highest BCUT2D eigenvalue weighted by Gasteiger charge is 2.49. The number of aromatic hydroxyl groups is 1. The molecule has 54 heavy (non-hydrogen) atoms.